The van der Waals surface area contributed by atoms with E-state index in [2.05, 4.69) is 23.0 Å². The average Bonchev–Trinajstić information content (AvgIpc) is 2.97. The molecular formula is C11H16N4. The first-order valence-electron chi connectivity index (χ1n) is 5.39. The summed E-state index contributed by atoms with van der Waals surface area (Å²) in [4.78, 5) is 2.29. The lowest BCUT2D eigenvalue weighted by molar-refractivity contribution is 0.703. The lowest BCUT2D eigenvalue weighted by Crippen LogP contribution is -2.27. The predicted octanol–water partition coefficient (Wildman–Crippen LogP) is 1.59. The van der Waals surface area contributed by atoms with E-state index in [1.54, 1.807) is 0 Å². The molecule has 0 saturated heterocycles. The van der Waals surface area contributed by atoms with Gasteiger partial charge in [-0.1, -0.05) is 0 Å². The van der Waals surface area contributed by atoms with Crippen molar-refractivity contribution in [2.75, 3.05) is 11.4 Å². The van der Waals surface area contributed by atoms with Crippen molar-refractivity contribution in [2.45, 2.75) is 32.7 Å². The zero-order valence-corrected chi connectivity index (χ0v) is 9.49. The predicted molar refractivity (Wildman–Crippen MR) is 58.7 cm³/mol. The van der Waals surface area contributed by atoms with Crippen LogP contribution in [-0.4, -0.2) is 22.4 Å². The van der Waals surface area contributed by atoms with E-state index in [1.165, 1.54) is 12.8 Å². The SMILES string of the molecule is CCN(c1c(C#N)c(C)nn1C)C1CC1. The molecule has 1 aliphatic rings. The van der Waals surface area contributed by atoms with Crippen molar-refractivity contribution in [3.8, 4) is 6.07 Å². The van der Waals surface area contributed by atoms with Crippen LogP contribution in [0.3, 0.4) is 0 Å². The molecule has 0 atom stereocenters. The zero-order valence-electron chi connectivity index (χ0n) is 9.49. The summed E-state index contributed by atoms with van der Waals surface area (Å²) in [5, 5.41) is 13.4. The van der Waals surface area contributed by atoms with Crippen LogP contribution in [0.25, 0.3) is 0 Å². The lowest BCUT2D eigenvalue weighted by atomic mass is 10.2. The highest BCUT2D eigenvalue weighted by Gasteiger charge is 2.32. The van der Waals surface area contributed by atoms with Gasteiger partial charge in [-0.15, -0.1) is 0 Å². The number of anilines is 1. The summed E-state index contributed by atoms with van der Waals surface area (Å²) in [5.74, 6) is 0.986. The van der Waals surface area contributed by atoms with Crippen LogP contribution < -0.4 is 4.90 Å². The van der Waals surface area contributed by atoms with Gasteiger partial charge in [0.05, 0.1) is 5.69 Å². The average molecular weight is 204 g/mol. The molecule has 0 N–H and O–H groups in total. The third-order valence-corrected chi connectivity index (χ3v) is 2.90. The van der Waals surface area contributed by atoms with Crippen LogP contribution in [0.1, 0.15) is 31.0 Å². The lowest BCUT2D eigenvalue weighted by Gasteiger charge is -2.22. The van der Waals surface area contributed by atoms with Crippen molar-refractivity contribution in [2.24, 2.45) is 7.05 Å². The molecule has 1 fully saturated rings. The first-order chi connectivity index (χ1) is 7.19. The highest BCUT2D eigenvalue weighted by Crippen LogP contribution is 2.33. The molecule has 2 rings (SSSR count). The second-order valence-electron chi connectivity index (χ2n) is 4.04. The molecule has 1 aromatic rings. The van der Waals surface area contributed by atoms with Crippen LogP contribution in [0.4, 0.5) is 5.82 Å². The maximum atomic E-state index is 9.13. The largest absolute Gasteiger partial charge is 0.353 e. The van der Waals surface area contributed by atoms with E-state index >= 15 is 0 Å². The summed E-state index contributed by atoms with van der Waals surface area (Å²) < 4.78 is 1.83. The van der Waals surface area contributed by atoms with Gasteiger partial charge in [0.25, 0.3) is 0 Å². The van der Waals surface area contributed by atoms with Crippen LogP contribution in [0.2, 0.25) is 0 Å². The van der Waals surface area contributed by atoms with Crippen molar-refractivity contribution in [1.82, 2.24) is 9.78 Å². The molecule has 4 heteroatoms. The Labute approximate surface area is 90.1 Å². The van der Waals surface area contributed by atoms with Gasteiger partial charge in [0.2, 0.25) is 0 Å². The molecule has 80 valence electrons. The van der Waals surface area contributed by atoms with Gasteiger partial charge in [-0.05, 0) is 26.7 Å². The summed E-state index contributed by atoms with van der Waals surface area (Å²) in [6.07, 6.45) is 2.48. The minimum atomic E-state index is 0.622. The van der Waals surface area contributed by atoms with Gasteiger partial charge < -0.3 is 4.90 Å². The van der Waals surface area contributed by atoms with Crippen LogP contribution in [0, 0.1) is 18.3 Å². The highest BCUT2D eigenvalue weighted by molar-refractivity contribution is 5.58. The van der Waals surface area contributed by atoms with Crippen molar-refractivity contribution in [3.63, 3.8) is 0 Å². The smallest absolute Gasteiger partial charge is 0.145 e. The van der Waals surface area contributed by atoms with Crippen molar-refractivity contribution in [3.05, 3.63) is 11.3 Å². The molecule has 0 bridgehead atoms. The summed E-state index contributed by atoms with van der Waals surface area (Å²) in [5.41, 5.74) is 1.56. The zero-order chi connectivity index (χ0) is 11.0. The summed E-state index contributed by atoms with van der Waals surface area (Å²) in [6.45, 7) is 4.96. The molecule has 0 aromatic carbocycles. The van der Waals surface area contributed by atoms with Gasteiger partial charge in [0.1, 0.15) is 17.5 Å². The second kappa shape index (κ2) is 3.58. The maximum absolute atomic E-state index is 9.13. The van der Waals surface area contributed by atoms with Crippen LogP contribution in [0.5, 0.6) is 0 Å². The second-order valence-corrected chi connectivity index (χ2v) is 4.04. The number of nitrogens with zero attached hydrogens (tertiary/aromatic N) is 4. The molecule has 0 radical (unpaired) electrons. The Hall–Kier alpha value is -1.50. The molecule has 1 aromatic heterocycles. The summed E-state index contributed by atoms with van der Waals surface area (Å²) >= 11 is 0. The van der Waals surface area contributed by atoms with Crippen molar-refractivity contribution in [1.29, 1.82) is 5.26 Å². The van der Waals surface area contributed by atoms with E-state index < -0.39 is 0 Å². The minimum absolute atomic E-state index is 0.622. The van der Waals surface area contributed by atoms with Gasteiger partial charge in [-0.2, -0.15) is 10.4 Å². The molecule has 0 aliphatic heterocycles. The van der Waals surface area contributed by atoms with Crippen LogP contribution >= 0.6 is 0 Å². The summed E-state index contributed by atoms with van der Waals surface area (Å²) in [6, 6.07) is 2.88. The van der Waals surface area contributed by atoms with Gasteiger partial charge in [-0.25, -0.2) is 0 Å². The molecule has 4 nitrogen and oxygen atoms in total. The number of rotatable bonds is 3. The molecule has 0 unspecified atom stereocenters. The van der Waals surface area contributed by atoms with Gasteiger partial charge in [0, 0.05) is 19.6 Å². The molecule has 1 saturated carbocycles. The topological polar surface area (TPSA) is 44.9 Å². The Balaban J connectivity index is 2.45. The normalized spacial score (nSPS) is 15.1. The molecule has 0 amide bonds. The Morgan fingerprint density at radius 1 is 1.60 bits per heavy atom. The van der Waals surface area contributed by atoms with Crippen LogP contribution in [0.15, 0.2) is 0 Å². The van der Waals surface area contributed by atoms with E-state index in [4.69, 9.17) is 5.26 Å². The monoisotopic (exact) mass is 204 g/mol. The Bertz CT molecular complexity index is 409. The first-order valence-corrected chi connectivity index (χ1v) is 5.39. The molecule has 0 spiro atoms. The third kappa shape index (κ3) is 1.58. The van der Waals surface area contributed by atoms with Crippen molar-refractivity contribution >= 4 is 5.82 Å². The molecular weight excluding hydrogens is 188 g/mol. The standard InChI is InChI=1S/C11H16N4/c1-4-15(9-5-6-9)11-10(7-12)8(2)13-14(11)3/h9H,4-6H2,1-3H3. The van der Waals surface area contributed by atoms with Gasteiger partial charge in [-0.3, -0.25) is 4.68 Å². The number of hydrogen-bond acceptors (Lipinski definition) is 3. The number of aryl methyl sites for hydroxylation is 2. The Morgan fingerprint density at radius 2 is 2.27 bits per heavy atom. The number of hydrogen-bond donors (Lipinski definition) is 0. The number of nitriles is 1. The fourth-order valence-electron chi connectivity index (χ4n) is 2.07. The van der Waals surface area contributed by atoms with E-state index in [1.807, 2.05) is 18.7 Å². The van der Waals surface area contributed by atoms with E-state index in [-0.39, 0.29) is 0 Å². The fraction of sp³-hybridized carbons (Fsp3) is 0.636. The van der Waals surface area contributed by atoms with E-state index in [0.717, 1.165) is 23.6 Å². The quantitative estimate of drug-likeness (QED) is 0.751. The van der Waals surface area contributed by atoms with Gasteiger partial charge in [0.15, 0.2) is 0 Å². The van der Waals surface area contributed by atoms with E-state index in [0.29, 0.717) is 6.04 Å². The first kappa shape index (κ1) is 10.0. The fourth-order valence-corrected chi connectivity index (χ4v) is 2.07. The third-order valence-electron chi connectivity index (χ3n) is 2.90. The summed E-state index contributed by atoms with van der Waals surface area (Å²) in [7, 11) is 1.91. The molecule has 1 aliphatic carbocycles. The molecule has 1 heterocycles. The minimum Gasteiger partial charge on any atom is -0.353 e. The maximum Gasteiger partial charge on any atom is 0.145 e. The van der Waals surface area contributed by atoms with Crippen LogP contribution in [-0.2, 0) is 7.05 Å². The number of aromatic nitrogens is 2. The van der Waals surface area contributed by atoms with Gasteiger partial charge >= 0.3 is 0 Å². The highest BCUT2D eigenvalue weighted by atomic mass is 15.4. The Morgan fingerprint density at radius 3 is 2.73 bits per heavy atom. The van der Waals surface area contributed by atoms with E-state index in [9.17, 15) is 0 Å². The molecule has 15 heavy (non-hydrogen) atoms. The van der Waals surface area contributed by atoms with Crippen molar-refractivity contribution < 1.29 is 0 Å². The Kier molecular flexibility index (Phi) is 2.39.